The largest absolute Gasteiger partial charge is 0.463 e. The van der Waals surface area contributed by atoms with Gasteiger partial charge in [0.15, 0.2) is 11.6 Å². The Bertz CT molecular complexity index is 943. The molecule has 0 aromatic rings. The molecule has 202 valence electrons. The zero-order valence-corrected chi connectivity index (χ0v) is 25.5. The fourth-order valence-corrected chi connectivity index (χ4v) is 13.2. The summed E-state index contributed by atoms with van der Waals surface area (Å²) in [6.07, 6.45) is 7.30. The van der Waals surface area contributed by atoms with Crippen molar-refractivity contribution in [1.82, 2.24) is 0 Å². The molecular weight excluding hydrogens is 588 g/mol. The number of Topliss-reactive ketones (excluding diaryl/α,β-unsaturated/α-hetero) is 1. The van der Waals surface area contributed by atoms with E-state index >= 15 is 0 Å². The lowest BCUT2D eigenvalue weighted by atomic mass is 9.44. The van der Waals surface area contributed by atoms with Crippen LogP contribution in [0.2, 0.25) is 0 Å². The van der Waals surface area contributed by atoms with E-state index in [9.17, 15) is 9.59 Å². The molecule has 5 nitrogen and oxygen atoms in total. The summed E-state index contributed by atoms with van der Waals surface area (Å²) in [7, 11) is 0. The molecule has 2 aliphatic heterocycles. The van der Waals surface area contributed by atoms with Gasteiger partial charge in [0.1, 0.15) is 6.10 Å². The molecule has 6 aliphatic rings. The lowest BCUT2D eigenvalue weighted by Gasteiger charge is -2.62. The number of fused-ring (bicyclic) bond motifs is 7. The van der Waals surface area contributed by atoms with Crippen LogP contribution in [0.4, 0.5) is 0 Å². The maximum absolute atomic E-state index is 14.5. The molecule has 4 saturated carbocycles. The number of hydrogen-bond donors (Lipinski definition) is 0. The molecule has 0 bridgehead atoms. The van der Waals surface area contributed by atoms with Gasteiger partial charge in [0.2, 0.25) is 0 Å². The van der Waals surface area contributed by atoms with Crippen molar-refractivity contribution in [3.8, 4) is 0 Å². The third-order valence-electron chi connectivity index (χ3n) is 12.0. The van der Waals surface area contributed by atoms with Gasteiger partial charge in [-0.05, 0) is 80.0 Å². The van der Waals surface area contributed by atoms with E-state index < -0.39 is 5.79 Å². The quantitative estimate of drug-likeness (QED) is 0.252. The standard InChI is InChI=1S/C29H42Br2O5/c1-14-10-22(30)29(34-13-14)15(2)23-21(36-29)12-20-19-7-6-17-11-18(35-16(3)32)8-9-27(17,4)24(19)25(31)26(33)28(20,23)5/h14-15,17-25H,6-13H2,1-5H3/t14-,15+,17+,18+,19+,20+,21+,22?,23+,24-,25+,27+,28+,29+/m1/s1. The number of halogens is 2. The summed E-state index contributed by atoms with van der Waals surface area (Å²) in [6.45, 7) is 11.4. The fourth-order valence-electron chi connectivity index (χ4n) is 10.4. The van der Waals surface area contributed by atoms with Gasteiger partial charge in [0, 0.05) is 24.2 Å². The smallest absolute Gasteiger partial charge is 0.302 e. The summed E-state index contributed by atoms with van der Waals surface area (Å²) < 4.78 is 19.0. The third-order valence-corrected chi connectivity index (χ3v) is 14.0. The van der Waals surface area contributed by atoms with Crippen LogP contribution in [0.25, 0.3) is 0 Å². The molecule has 7 heteroatoms. The number of ketones is 1. The van der Waals surface area contributed by atoms with Crippen molar-refractivity contribution < 1.29 is 23.8 Å². The number of hydrogen-bond acceptors (Lipinski definition) is 5. The van der Waals surface area contributed by atoms with E-state index in [1.165, 1.54) is 6.92 Å². The summed E-state index contributed by atoms with van der Waals surface area (Å²) in [4.78, 5) is 26.1. The summed E-state index contributed by atoms with van der Waals surface area (Å²) >= 11 is 7.97. The topological polar surface area (TPSA) is 61.8 Å². The van der Waals surface area contributed by atoms with Crippen LogP contribution in [0.15, 0.2) is 0 Å². The fraction of sp³-hybridized carbons (Fsp3) is 0.931. The molecule has 0 radical (unpaired) electrons. The molecule has 2 saturated heterocycles. The minimum absolute atomic E-state index is 0.0298. The molecule has 0 amide bonds. The lowest BCUT2D eigenvalue weighted by molar-refractivity contribution is -0.266. The Labute approximate surface area is 232 Å². The van der Waals surface area contributed by atoms with E-state index in [4.69, 9.17) is 14.2 Å². The molecule has 0 aromatic carbocycles. The number of carbonyl (C=O) groups excluding carboxylic acids is 2. The van der Waals surface area contributed by atoms with Crippen molar-refractivity contribution in [2.24, 2.45) is 52.3 Å². The van der Waals surface area contributed by atoms with E-state index in [0.717, 1.165) is 51.6 Å². The van der Waals surface area contributed by atoms with Crippen LogP contribution < -0.4 is 0 Å². The molecular formula is C29H42Br2O5. The van der Waals surface area contributed by atoms with Crippen LogP contribution in [0.5, 0.6) is 0 Å². The predicted octanol–water partition coefficient (Wildman–Crippen LogP) is 6.29. The van der Waals surface area contributed by atoms with Crippen LogP contribution >= 0.6 is 31.9 Å². The van der Waals surface area contributed by atoms with Crippen molar-refractivity contribution in [3.05, 3.63) is 0 Å². The number of ether oxygens (including phenoxy) is 3. The van der Waals surface area contributed by atoms with E-state index in [-0.39, 0.29) is 50.5 Å². The Balaban J connectivity index is 1.29. The highest BCUT2D eigenvalue weighted by Gasteiger charge is 2.74. The highest BCUT2D eigenvalue weighted by molar-refractivity contribution is 9.10. The van der Waals surface area contributed by atoms with Crippen LogP contribution in [0.1, 0.15) is 79.6 Å². The number of alkyl halides is 2. The Morgan fingerprint density at radius 1 is 1.06 bits per heavy atom. The summed E-state index contributed by atoms with van der Waals surface area (Å²) in [5.74, 6) is 2.18. The van der Waals surface area contributed by atoms with Crippen LogP contribution in [0.3, 0.4) is 0 Å². The van der Waals surface area contributed by atoms with E-state index in [0.29, 0.717) is 35.4 Å². The zero-order chi connectivity index (χ0) is 25.8. The first-order chi connectivity index (χ1) is 16.9. The average molecular weight is 630 g/mol. The van der Waals surface area contributed by atoms with Gasteiger partial charge in [0.05, 0.1) is 22.4 Å². The van der Waals surface area contributed by atoms with Crippen LogP contribution in [-0.2, 0) is 23.8 Å². The summed E-state index contributed by atoms with van der Waals surface area (Å²) in [6, 6.07) is 0. The molecule has 36 heavy (non-hydrogen) atoms. The van der Waals surface area contributed by atoms with Gasteiger partial charge >= 0.3 is 5.97 Å². The first kappa shape index (κ1) is 26.3. The van der Waals surface area contributed by atoms with Gasteiger partial charge in [0.25, 0.3) is 0 Å². The number of carbonyl (C=O) groups is 2. The van der Waals surface area contributed by atoms with Gasteiger partial charge < -0.3 is 14.2 Å². The molecule has 6 rings (SSSR count). The molecule has 1 unspecified atom stereocenters. The first-order valence-corrected chi connectivity index (χ1v) is 16.1. The number of rotatable bonds is 1. The second-order valence-electron chi connectivity index (χ2n) is 13.7. The normalized spacial score (nSPS) is 58.1. The molecule has 6 fully saturated rings. The third kappa shape index (κ3) is 3.43. The van der Waals surface area contributed by atoms with Gasteiger partial charge in [-0.1, -0.05) is 59.6 Å². The maximum atomic E-state index is 14.5. The minimum atomic E-state index is -0.618. The Morgan fingerprint density at radius 2 is 1.81 bits per heavy atom. The highest BCUT2D eigenvalue weighted by atomic mass is 79.9. The SMILES string of the molecule is CC(=O)O[C@H]1CC[C@@]2(C)[C@@H](CC[C@@H]3[C@@H]2[C@H](Br)C(=O)[C@]2(C)[C@@H]4[C@H](C[C@@H]32)O[C@@]2(OC[C@H](C)CC2Br)[C@H]4C)C1. The second-order valence-corrected chi connectivity index (χ2v) is 15.8. The molecule has 2 heterocycles. The summed E-state index contributed by atoms with van der Waals surface area (Å²) in [5.41, 5.74) is -0.292. The second kappa shape index (κ2) is 8.76. The molecule has 1 spiro atoms. The highest BCUT2D eigenvalue weighted by Crippen LogP contribution is 2.71. The van der Waals surface area contributed by atoms with Crippen molar-refractivity contribution in [3.63, 3.8) is 0 Å². The monoisotopic (exact) mass is 628 g/mol. The minimum Gasteiger partial charge on any atom is -0.463 e. The average Bonchev–Trinajstić information content (AvgIpc) is 3.26. The van der Waals surface area contributed by atoms with E-state index in [2.05, 4.69) is 59.6 Å². The number of esters is 1. The van der Waals surface area contributed by atoms with Crippen LogP contribution in [0, 0.1) is 52.3 Å². The van der Waals surface area contributed by atoms with Crippen molar-refractivity contribution >= 4 is 43.6 Å². The maximum Gasteiger partial charge on any atom is 0.302 e. The van der Waals surface area contributed by atoms with E-state index in [1.54, 1.807) is 0 Å². The Morgan fingerprint density at radius 3 is 2.50 bits per heavy atom. The van der Waals surface area contributed by atoms with Crippen molar-refractivity contribution in [2.75, 3.05) is 6.61 Å². The van der Waals surface area contributed by atoms with Crippen LogP contribution in [-0.4, -0.2) is 46.0 Å². The Hall–Kier alpha value is 0.0200. The molecule has 0 N–H and O–H groups in total. The molecule has 0 aromatic heterocycles. The van der Waals surface area contributed by atoms with Gasteiger partial charge in [-0.2, -0.15) is 0 Å². The molecule has 14 atom stereocenters. The Kier molecular flexibility index (Phi) is 6.39. The molecule has 4 aliphatic carbocycles. The van der Waals surface area contributed by atoms with Crippen molar-refractivity contribution in [1.29, 1.82) is 0 Å². The van der Waals surface area contributed by atoms with Crippen molar-refractivity contribution in [2.45, 2.75) is 107 Å². The predicted molar refractivity (Wildman–Crippen MR) is 144 cm³/mol. The zero-order valence-electron chi connectivity index (χ0n) is 22.3. The lowest BCUT2D eigenvalue weighted by Crippen LogP contribution is -2.63. The van der Waals surface area contributed by atoms with Gasteiger partial charge in [-0.15, -0.1) is 0 Å². The first-order valence-electron chi connectivity index (χ1n) is 14.2. The van der Waals surface area contributed by atoms with E-state index in [1.807, 2.05) is 0 Å². The van der Waals surface area contributed by atoms with Gasteiger partial charge in [-0.25, -0.2) is 0 Å². The summed E-state index contributed by atoms with van der Waals surface area (Å²) in [5, 5.41) is 0. The van der Waals surface area contributed by atoms with Gasteiger partial charge in [-0.3, -0.25) is 9.59 Å².